The lowest BCUT2D eigenvalue weighted by Gasteiger charge is -2.17. The number of hydrogen-bond donors (Lipinski definition) is 1. The van der Waals surface area contributed by atoms with Crippen molar-refractivity contribution in [2.24, 2.45) is 0 Å². The Balaban J connectivity index is 1.71. The number of aromatic nitrogens is 1. The standard InChI is InChI=1S/C19H18BrN3O4/c1-23(11-18(24)22-17-6-3-13(20)9-21-17)10-12-7-19(25)27-16-8-14(26-2)4-5-15(12)16/h3-9H,10-11H2,1-2H3,(H,21,22,24). The summed E-state index contributed by atoms with van der Waals surface area (Å²) in [5.41, 5.74) is 0.789. The second-order valence-corrected chi connectivity index (χ2v) is 6.95. The largest absolute Gasteiger partial charge is 0.497 e. The first-order chi connectivity index (χ1) is 12.9. The van der Waals surface area contributed by atoms with Gasteiger partial charge in [-0.1, -0.05) is 0 Å². The molecule has 0 radical (unpaired) electrons. The van der Waals surface area contributed by atoms with Crippen molar-refractivity contribution < 1.29 is 13.9 Å². The number of nitrogens with one attached hydrogen (secondary N) is 1. The Labute approximate surface area is 164 Å². The lowest BCUT2D eigenvalue weighted by atomic mass is 10.1. The average Bonchev–Trinajstić information content (AvgIpc) is 2.62. The van der Waals surface area contributed by atoms with Crippen LogP contribution in [0.5, 0.6) is 5.75 Å². The number of halogens is 1. The number of ether oxygens (including phenoxy) is 1. The third-order valence-electron chi connectivity index (χ3n) is 3.89. The first-order valence-electron chi connectivity index (χ1n) is 8.15. The number of likely N-dealkylation sites (N-methyl/N-ethyl adjacent to an activating group) is 1. The molecule has 0 aliphatic rings. The zero-order valence-electron chi connectivity index (χ0n) is 14.9. The molecule has 2 aromatic heterocycles. The maximum absolute atomic E-state index is 12.2. The summed E-state index contributed by atoms with van der Waals surface area (Å²) in [4.78, 5) is 30.0. The molecule has 0 atom stereocenters. The molecule has 3 aromatic rings. The van der Waals surface area contributed by atoms with Gasteiger partial charge in [0.15, 0.2) is 0 Å². The van der Waals surface area contributed by atoms with Gasteiger partial charge in [-0.05, 0) is 52.8 Å². The fourth-order valence-corrected chi connectivity index (χ4v) is 2.93. The summed E-state index contributed by atoms with van der Waals surface area (Å²) >= 11 is 3.30. The van der Waals surface area contributed by atoms with Crippen LogP contribution in [0.25, 0.3) is 11.0 Å². The number of benzene rings is 1. The van der Waals surface area contributed by atoms with Crippen molar-refractivity contribution in [2.75, 3.05) is 26.0 Å². The van der Waals surface area contributed by atoms with Crippen LogP contribution < -0.4 is 15.7 Å². The molecule has 0 aliphatic heterocycles. The maximum Gasteiger partial charge on any atom is 0.336 e. The molecule has 0 spiro atoms. The van der Waals surface area contributed by atoms with Crippen molar-refractivity contribution >= 4 is 38.6 Å². The van der Waals surface area contributed by atoms with E-state index in [0.29, 0.717) is 23.7 Å². The smallest absolute Gasteiger partial charge is 0.336 e. The number of rotatable bonds is 6. The fourth-order valence-electron chi connectivity index (χ4n) is 2.69. The maximum atomic E-state index is 12.2. The van der Waals surface area contributed by atoms with Gasteiger partial charge in [0.2, 0.25) is 5.91 Å². The minimum Gasteiger partial charge on any atom is -0.497 e. The number of pyridine rings is 1. The van der Waals surface area contributed by atoms with Crippen LogP contribution in [0.4, 0.5) is 5.82 Å². The van der Waals surface area contributed by atoms with Gasteiger partial charge in [0.05, 0.1) is 13.7 Å². The third-order valence-corrected chi connectivity index (χ3v) is 4.36. The number of amides is 1. The van der Waals surface area contributed by atoms with Crippen LogP contribution >= 0.6 is 15.9 Å². The van der Waals surface area contributed by atoms with E-state index in [9.17, 15) is 9.59 Å². The van der Waals surface area contributed by atoms with Gasteiger partial charge in [-0.15, -0.1) is 0 Å². The van der Waals surface area contributed by atoms with Gasteiger partial charge in [0, 0.05) is 34.7 Å². The van der Waals surface area contributed by atoms with E-state index in [1.165, 1.54) is 6.07 Å². The predicted octanol–water partition coefficient (Wildman–Crippen LogP) is 3.03. The Morgan fingerprint density at radius 1 is 1.30 bits per heavy atom. The zero-order chi connectivity index (χ0) is 19.4. The highest BCUT2D eigenvalue weighted by Crippen LogP contribution is 2.23. The van der Waals surface area contributed by atoms with Crippen LogP contribution in [0.2, 0.25) is 0 Å². The molecular formula is C19H18BrN3O4. The minimum atomic E-state index is -0.442. The molecular weight excluding hydrogens is 414 g/mol. The predicted molar refractivity (Wildman–Crippen MR) is 106 cm³/mol. The molecule has 3 rings (SSSR count). The van der Waals surface area contributed by atoms with E-state index in [0.717, 1.165) is 15.4 Å². The summed E-state index contributed by atoms with van der Waals surface area (Å²) in [6, 6.07) is 10.3. The second-order valence-electron chi connectivity index (χ2n) is 6.03. The molecule has 27 heavy (non-hydrogen) atoms. The molecule has 0 saturated heterocycles. The molecule has 1 amide bonds. The van der Waals surface area contributed by atoms with E-state index < -0.39 is 5.63 Å². The highest BCUT2D eigenvalue weighted by molar-refractivity contribution is 9.10. The Morgan fingerprint density at radius 2 is 2.11 bits per heavy atom. The number of carbonyl (C=O) groups is 1. The number of hydrogen-bond acceptors (Lipinski definition) is 6. The monoisotopic (exact) mass is 431 g/mol. The number of anilines is 1. The van der Waals surface area contributed by atoms with Crippen molar-refractivity contribution in [2.45, 2.75) is 6.54 Å². The van der Waals surface area contributed by atoms with Crippen LogP contribution in [0, 0.1) is 0 Å². The van der Waals surface area contributed by atoms with Gasteiger partial charge in [0.25, 0.3) is 0 Å². The molecule has 1 aromatic carbocycles. The van der Waals surface area contributed by atoms with E-state index in [2.05, 4.69) is 26.2 Å². The SMILES string of the molecule is COc1ccc2c(CN(C)CC(=O)Nc3ccc(Br)cn3)cc(=O)oc2c1. The molecule has 0 fully saturated rings. The highest BCUT2D eigenvalue weighted by atomic mass is 79.9. The number of nitrogens with zero attached hydrogens (tertiary/aromatic N) is 2. The summed E-state index contributed by atoms with van der Waals surface area (Å²) in [6.45, 7) is 0.561. The van der Waals surface area contributed by atoms with E-state index in [-0.39, 0.29) is 12.5 Å². The average molecular weight is 432 g/mol. The van der Waals surface area contributed by atoms with Crippen LogP contribution in [0.3, 0.4) is 0 Å². The summed E-state index contributed by atoms with van der Waals surface area (Å²) in [5.74, 6) is 0.897. The topological polar surface area (TPSA) is 84.7 Å². The van der Waals surface area contributed by atoms with Crippen molar-refractivity contribution in [3.63, 3.8) is 0 Å². The van der Waals surface area contributed by atoms with Crippen molar-refractivity contribution in [3.8, 4) is 5.75 Å². The second kappa shape index (κ2) is 8.32. The normalized spacial score (nSPS) is 11.0. The number of methoxy groups -OCH3 is 1. The summed E-state index contributed by atoms with van der Waals surface area (Å²) in [7, 11) is 3.36. The van der Waals surface area contributed by atoms with Gasteiger partial charge in [0.1, 0.15) is 17.2 Å². The Hall–Kier alpha value is -2.71. The van der Waals surface area contributed by atoms with E-state index in [1.54, 1.807) is 44.6 Å². The van der Waals surface area contributed by atoms with Crippen molar-refractivity contribution in [3.05, 3.63) is 63.1 Å². The fraction of sp³-hybridized carbons (Fsp3) is 0.211. The zero-order valence-corrected chi connectivity index (χ0v) is 16.4. The third kappa shape index (κ3) is 4.93. The van der Waals surface area contributed by atoms with Crippen molar-refractivity contribution in [1.29, 1.82) is 0 Å². The molecule has 2 heterocycles. The highest BCUT2D eigenvalue weighted by Gasteiger charge is 2.12. The Kier molecular flexibility index (Phi) is 5.88. The van der Waals surface area contributed by atoms with Crippen LogP contribution in [-0.4, -0.2) is 36.5 Å². The van der Waals surface area contributed by atoms with Gasteiger partial charge in [-0.25, -0.2) is 9.78 Å². The minimum absolute atomic E-state index is 0.148. The van der Waals surface area contributed by atoms with Gasteiger partial charge in [-0.2, -0.15) is 0 Å². The van der Waals surface area contributed by atoms with Crippen LogP contribution in [0.1, 0.15) is 5.56 Å². The quantitative estimate of drug-likeness (QED) is 0.603. The van der Waals surface area contributed by atoms with Crippen molar-refractivity contribution in [1.82, 2.24) is 9.88 Å². The van der Waals surface area contributed by atoms with E-state index in [4.69, 9.17) is 9.15 Å². The van der Waals surface area contributed by atoms with Crippen LogP contribution in [0.15, 0.2) is 56.3 Å². The number of fused-ring (bicyclic) bond motifs is 1. The lowest BCUT2D eigenvalue weighted by Crippen LogP contribution is -2.30. The van der Waals surface area contributed by atoms with Gasteiger partial charge < -0.3 is 14.5 Å². The molecule has 0 unspecified atom stereocenters. The van der Waals surface area contributed by atoms with Gasteiger partial charge in [-0.3, -0.25) is 9.69 Å². The molecule has 1 N–H and O–H groups in total. The Morgan fingerprint density at radius 3 is 2.81 bits per heavy atom. The summed E-state index contributed by atoms with van der Waals surface area (Å²) in [6.07, 6.45) is 1.61. The van der Waals surface area contributed by atoms with E-state index in [1.807, 2.05) is 11.0 Å². The first kappa shape index (κ1) is 19.1. The molecule has 7 nitrogen and oxygen atoms in total. The molecule has 0 aliphatic carbocycles. The molecule has 0 bridgehead atoms. The molecule has 0 saturated carbocycles. The van der Waals surface area contributed by atoms with E-state index >= 15 is 0 Å². The summed E-state index contributed by atoms with van der Waals surface area (Å²) in [5, 5.41) is 3.54. The molecule has 8 heteroatoms. The number of carbonyl (C=O) groups excluding carboxylic acids is 1. The Bertz CT molecular complexity index is 1020. The lowest BCUT2D eigenvalue weighted by molar-refractivity contribution is -0.117. The molecule has 140 valence electrons. The first-order valence-corrected chi connectivity index (χ1v) is 8.94. The van der Waals surface area contributed by atoms with Gasteiger partial charge >= 0.3 is 5.63 Å². The summed E-state index contributed by atoms with van der Waals surface area (Å²) < 4.78 is 11.3. The van der Waals surface area contributed by atoms with Crippen LogP contribution in [-0.2, 0) is 11.3 Å².